The number of rotatable bonds is 0. The van der Waals surface area contributed by atoms with E-state index in [4.69, 9.17) is 0 Å². The number of hydrogen-bond acceptors (Lipinski definition) is 4. The first-order valence-electron chi connectivity index (χ1n) is 4.48. The number of nitrogens with one attached hydrogen (secondary N) is 1. The second-order valence-electron chi connectivity index (χ2n) is 4.27. The van der Waals surface area contributed by atoms with Crippen molar-refractivity contribution in [2.75, 3.05) is 0 Å². The topological polar surface area (TPSA) is 72.7 Å². The van der Waals surface area contributed by atoms with Crippen molar-refractivity contribution in [3.8, 4) is 0 Å². The molecule has 0 unspecified atom stereocenters. The molecule has 1 spiro atoms. The molecule has 4 nitrogen and oxygen atoms in total. The fourth-order valence-corrected chi connectivity index (χ4v) is 3.16. The van der Waals surface area contributed by atoms with Crippen molar-refractivity contribution >= 4 is 0 Å². The normalized spacial score (nSPS) is 67.8. The molecule has 12 heavy (non-hydrogen) atoms. The highest BCUT2D eigenvalue weighted by Gasteiger charge is 2.73. The highest BCUT2D eigenvalue weighted by atomic mass is 16.4. The third kappa shape index (κ3) is 0.484. The SMILES string of the molecule is O[C@@H]1[C@@H](O)[C@H](O)[C@@]23CC[C@@H]2N[C@H]13. The van der Waals surface area contributed by atoms with Gasteiger partial charge in [-0.1, -0.05) is 0 Å². The maximum absolute atomic E-state index is 9.69. The second-order valence-corrected chi connectivity index (χ2v) is 4.27. The monoisotopic (exact) mass is 171 g/mol. The van der Waals surface area contributed by atoms with Crippen molar-refractivity contribution in [1.29, 1.82) is 0 Å². The van der Waals surface area contributed by atoms with E-state index in [1.54, 1.807) is 0 Å². The summed E-state index contributed by atoms with van der Waals surface area (Å²) in [7, 11) is 0. The van der Waals surface area contributed by atoms with Crippen LogP contribution >= 0.6 is 0 Å². The molecule has 1 aliphatic heterocycles. The van der Waals surface area contributed by atoms with E-state index in [-0.39, 0.29) is 11.5 Å². The molecule has 0 aromatic rings. The summed E-state index contributed by atoms with van der Waals surface area (Å²) in [5.74, 6) is 0. The Morgan fingerprint density at radius 3 is 2.25 bits per heavy atom. The Morgan fingerprint density at radius 1 is 1.17 bits per heavy atom. The molecule has 2 aliphatic carbocycles. The fraction of sp³-hybridized carbons (Fsp3) is 1.00. The summed E-state index contributed by atoms with van der Waals surface area (Å²) >= 11 is 0. The van der Waals surface area contributed by atoms with Crippen molar-refractivity contribution in [2.45, 2.75) is 43.2 Å². The van der Waals surface area contributed by atoms with E-state index in [1.165, 1.54) is 0 Å². The third-order valence-corrected chi connectivity index (χ3v) is 4.04. The van der Waals surface area contributed by atoms with E-state index < -0.39 is 18.3 Å². The quantitative estimate of drug-likeness (QED) is 0.347. The summed E-state index contributed by atoms with van der Waals surface area (Å²) in [6.45, 7) is 0. The molecule has 3 rings (SSSR count). The Bertz CT molecular complexity index is 222. The molecule has 3 aliphatic rings. The molecule has 4 N–H and O–H groups in total. The van der Waals surface area contributed by atoms with Gasteiger partial charge in [-0.3, -0.25) is 0 Å². The first kappa shape index (κ1) is 7.26. The van der Waals surface area contributed by atoms with Gasteiger partial charge in [0.25, 0.3) is 0 Å². The van der Waals surface area contributed by atoms with Crippen LogP contribution in [0.2, 0.25) is 0 Å². The molecule has 3 fully saturated rings. The highest BCUT2D eigenvalue weighted by Crippen LogP contribution is 2.59. The van der Waals surface area contributed by atoms with Crippen LogP contribution in [0, 0.1) is 5.41 Å². The van der Waals surface area contributed by atoms with Gasteiger partial charge in [0, 0.05) is 17.5 Å². The first-order valence-corrected chi connectivity index (χ1v) is 4.48. The fourth-order valence-electron chi connectivity index (χ4n) is 3.16. The van der Waals surface area contributed by atoms with Gasteiger partial charge in [-0.05, 0) is 12.8 Å². The second kappa shape index (κ2) is 1.85. The predicted molar refractivity (Wildman–Crippen MR) is 40.4 cm³/mol. The van der Waals surface area contributed by atoms with Crippen LogP contribution in [0.5, 0.6) is 0 Å². The van der Waals surface area contributed by atoms with Crippen molar-refractivity contribution in [1.82, 2.24) is 5.32 Å². The molecule has 1 heterocycles. The molecule has 6 atom stereocenters. The summed E-state index contributed by atoms with van der Waals surface area (Å²) in [4.78, 5) is 0. The zero-order valence-corrected chi connectivity index (χ0v) is 6.64. The van der Waals surface area contributed by atoms with E-state index in [0.717, 1.165) is 12.8 Å². The summed E-state index contributed by atoms with van der Waals surface area (Å²) in [5.41, 5.74) is -0.182. The van der Waals surface area contributed by atoms with Gasteiger partial charge in [-0.2, -0.15) is 0 Å². The first-order chi connectivity index (χ1) is 5.68. The lowest BCUT2D eigenvalue weighted by Gasteiger charge is -2.63. The van der Waals surface area contributed by atoms with Gasteiger partial charge >= 0.3 is 0 Å². The number of aliphatic hydroxyl groups is 3. The number of aliphatic hydroxyl groups excluding tert-OH is 3. The molecule has 2 saturated carbocycles. The van der Waals surface area contributed by atoms with Crippen LogP contribution in [0.3, 0.4) is 0 Å². The van der Waals surface area contributed by atoms with Gasteiger partial charge in [-0.15, -0.1) is 0 Å². The Hall–Kier alpha value is -0.160. The van der Waals surface area contributed by atoms with Gasteiger partial charge < -0.3 is 20.6 Å². The average Bonchev–Trinajstić information content (AvgIpc) is 2.21. The zero-order valence-electron chi connectivity index (χ0n) is 6.64. The highest BCUT2D eigenvalue weighted by molar-refractivity contribution is 5.27. The van der Waals surface area contributed by atoms with Crippen LogP contribution in [0.1, 0.15) is 12.8 Å². The van der Waals surface area contributed by atoms with Gasteiger partial charge in [-0.25, -0.2) is 0 Å². The van der Waals surface area contributed by atoms with Crippen molar-refractivity contribution < 1.29 is 15.3 Å². The summed E-state index contributed by atoms with van der Waals surface area (Å²) < 4.78 is 0. The lowest BCUT2D eigenvalue weighted by Crippen LogP contribution is -2.78. The maximum Gasteiger partial charge on any atom is 0.108 e. The molecule has 0 aromatic heterocycles. The standard InChI is InChI=1S/C8H13NO3/c10-4-5(11)7(12)8-2-1-3(8)9-6(4)8/h3-7,9-12H,1-2H2/t3-,4+,5+,6+,7-,8-/m0/s1. The molecule has 0 radical (unpaired) electrons. The summed E-state index contributed by atoms with van der Waals surface area (Å²) in [6, 6.07) is 0.269. The lowest BCUT2D eigenvalue weighted by atomic mass is 9.54. The molecule has 0 aromatic carbocycles. The van der Waals surface area contributed by atoms with Crippen LogP contribution in [-0.4, -0.2) is 45.7 Å². The van der Waals surface area contributed by atoms with Crippen LogP contribution in [0.25, 0.3) is 0 Å². The minimum atomic E-state index is -0.951. The Labute approximate surface area is 70.2 Å². The number of hydrogen-bond donors (Lipinski definition) is 4. The maximum atomic E-state index is 9.69. The molecule has 68 valence electrons. The summed E-state index contributed by atoms with van der Waals surface area (Å²) in [5, 5.41) is 31.8. The van der Waals surface area contributed by atoms with Crippen LogP contribution in [-0.2, 0) is 0 Å². The smallest absolute Gasteiger partial charge is 0.108 e. The lowest BCUT2D eigenvalue weighted by molar-refractivity contribution is -0.142. The van der Waals surface area contributed by atoms with E-state index in [2.05, 4.69) is 5.32 Å². The number of piperidine rings is 1. The Kier molecular flexibility index (Phi) is 1.12. The van der Waals surface area contributed by atoms with Crippen LogP contribution in [0.15, 0.2) is 0 Å². The molecular weight excluding hydrogens is 158 g/mol. The Balaban J connectivity index is 1.96. The van der Waals surface area contributed by atoms with E-state index in [0.29, 0.717) is 6.04 Å². The van der Waals surface area contributed by atoms with Gasteiger partial charge in [0.1, 0.15) is 6.10 Å². The third-order valence-electron chi connectivity index (χ3n) is 4.04. The summed E-state index contributed by atoms with van der Waals surface area (Å²) in [6.07, 6.45) is -0.459. The average molecular weight is 171 g/mol. The molecule has 1 saturated heterocycles. The molecule has 0 bridgehead atoms. The van der Waals surface area contributed by atoms with Gasteiger partial charge in [0.05, 0.1) is 12.2 Å². The zero-order chi connectivity index (χ0) is 8.51. The Morgan fingerprint density at radius 2 is 1.92 bits per heavy atom. The minimum absolute atomic E-state index is 0.0683. The van der Waals surface area contributed by atoms with Crippen molar-refractivity contribution in [2.24, 2.45) is 5.41 Å². The van der Waals surface area contributed by atoms with Gasteiger partial charge in [0.15, 0.2) is 0 Å². The molecule has 4 heteroatoms. The predicted octanol–water partition coefficient (Wildman–Crippen LogP) is -1.80. The minimum Gasteiger partial charge on any atom is -0.390 e. The van der Waals surface area contributed by atoms with E-state index in [1.807, 2.05) is 0 Å². The van der Waals surface area contributed by atoms with Gasteiger partial charge in [0.2, 0.25) is 0 Å². The largest absolute Gasteiger partial charge is 0.390 e. The van der Waals surface area contributed by atoms with E-state index >= 15 is 0 Å². The van der Waals surface area contributed by atoms with E-state index in [9.17, 15) is 15.3 Å². The van der Waals surface area contributed by atoms with Crippen LogP contribution < -0.4 is 5.32 Å². The van der Waals surface area contributed by atoms with Crippen LogP contribution in [0.4, 0.5) is 0 Å². The molecular formula is C8H13NO3. The van der Waals surface area contributed by atoms with Crippen molar-refractivity contribution in [3.05, 3.63) is 0 Å². The van der Waals surface area contributed by atoms with Crippen molar-refractivity contribution in [3.63, 3.8) is 0 Å². The molecule has 0 amide bonds.